The summed E-state index contributed by atoms with van der Waals surface area (Å²) < 4.78 is 0. The highest BCUT2D eigenvalue weighted by Gasteiger charge is 2.30. The van der Waals surface area contributed by atoms with Crippen LogP contribution in [0, 0.1) is 19.8 Å². The molecule has 6 nitrogen and oxygen atoms in total. The Balaban J connectivity index is 2.28. The average Bonchev–Trinajstić information content (AvgIpc) is 2.37. The van der Waals surface area contributed by atoms with Crippen LogP contribution in [0.1, 0.15) is 34.5 Å². The van der Waals surface area contributed by atoms with E-state index in [9.17, 15) is 14.4 Å². The zero-order valence-electron chi connectivity index (χ0n) is 11.6. The molecule has 108 valence electrons. The Hall–Kier alpha value is -2.11. The van der Waals surface area contributed by atoms with Crippen molar-refractivity contribution < 1.29 is 14.7 Å². The summed E-state index contributed by atoms with van der Waals surface area (Å²) in [6.45, 7) is 4.13. The molecule has 0 aliphatic carbocycles. The van der Waals surface area contributed by atoms with Crippen molar-refractivity contribution in [1.29, 1.82) is 0 Å². The minimum atomic E-state index is -0.892. The predicted octanol–water partition coefficient (Wildman–Crippen LogP) is 0.929. The number of likely N-dealkylation sites (tertiary alicyclic amines) is 1. The number of aliphatic carboxylic acids is 1. The highest BCUT2D eigenvalue weighted by molar-refractivity contribution is 5.95. The third-order valence-corrected chi connectivity index (χ3v) is 3.64. The zero-order chi connectivity index (χ0) is 14.9. The molecule has 1 atom stereocenters. The maximum atomic E-state index is 12.4. The fraction of sp³-hybridized carbons (Fsp3) is 0.500. The van der Waals surface area contributed by atoms with E-state index in [1.807, 2.05) is 0 Å². The molecule has 6 heteroatoms. The van der Waals surface area contributed by atoms with Crippen molar-refractivity contribution in [1.82, 2.24) is 9.88 Å². The normalized spacial score (nSPS) is 18.9. The van der Waals surface area contributed by atoms with Crippen molar-refractivity contribution in [3.8, 4) is 0 Å². The molecule has 0 radical (unpaired) electrons. The van der Waals surface area contributed by atoms with Gasteiger partial charge in [0.15, 0.2) is 0 Å². The van der Waals surface area contributed by atoms with Crippen molar-refractivity contribution in [2.24, 2.45) is 5.92 Å². The highest BCUT2D eigenvalue weighted by atomic mass is 16.4. The number of hydrogen-bond donors (Lipinski definition) is 2. The van der Waals surface area contributed by atoms with Gasteiger partial charge in [-0.15, -0.1) is 0 Å². The number of aryl methyl sites for hydroxylation is 2. The number of amides is 1. The molecule has 2 rings (SSSR count). The Morgan fingerprint density at radius 3 is 2.70 bits per heavy atom. The number of aromatic amines is 1. The van der Waals surface area contributed by atoms with Crippen molar-refractivity contribution >= 4 is 11.9 Å². The van der Waals surface area contributed by atoms with E-state index in [2.05, 4.69) is 4.98 Å². The topological polar surface area (TPSA) is 90.5 Å². The smallest absolute Gasteiger partial charge is 0.308 e. The summed E-state index contributed by atoms with van der Waals surface area (Å²) in [5.41, 5.74) is 1.02. The molecule has 0 aromatic carbocycles. The van der Waals surface area contributed by atoms with Crippen molar-refractivity contribution in [2.45, 2.75) is 26.7 Å². The minimum Gasteiger partial charge on any atom is -0.481 e. The summed E-state index contributed by atoms with van der Waals surface area (Å²) >= 11 is 0. The first kappa shape index (κ1) is 14.3. The van der Waals surface area contributed by atoms with Gasteiger partial charge in [-0.2, -0.15) is 0 Å². The van der Waals surface area contributed by atoms with E-state index in [0.717, 1.165) is 0 Å². The number of carbonyl (C=O) groups is 2. The lowest BCUT2D eigenvalue weighted by Crippen LogP contribution is -2.44. The second kappa shape index (κ2) is 5.48. The number of carbonyl (C=O) groups excluding carboxylic acids is 1. The Morgan fingerprint density at radius 2 is 2.10 bits per heavy atom. The van der Waals surface area contributed by atoms with E-state index in [1.54, 1.807) is 19.9 Å². The van der Waals surface area contributed by atoms with E-state index in [4.69, 9.17) is 5.11 Å². The second-order valence-corrected chi connectivity index (χ2v) is 5.27. The van der Waals surface area contributed by atoms with Gasteiger partial charge >= 0.3 is 5.97 Å². The predicted molar refractivity (Wildman–Crippen MR) is 72.8 cm³/mol. The standard InChI is InChI=1S/C14H18N2O4/c1-8-6-9(2)15-12(17)11(8)13(18)16-5-3-4-10(7-16)14(19)20/h6,10H,3-5,7H2,1-2H3,(H,15,17)(H,19,20)/t10-/m1/s1. The summed E-state index contributed by atoms with van der Waals surface area (Å²) in [5.74, 6) is -1.82. The lowest BCUT2D eigenvalue weighted by Gasteiger charge is -2.30. The fourth-order valence-electron chi connectivity index (χ4n) is 2.64. The molecule has 1 fully saturated rings. The first-order valence-corrected chi connectivity index (χ1v) is 6.62. The molecule has 0 spiro atoms. The summed E-state index contributed by atoms with van der Waals surface area (Å²) in [4.78, 5) is 39.5. The third-order valence-electron chi connectivity index (χ3n) is 3.64. The van der Waals surface area contributed by atoms with Gasteiger partial charge < -0.3 is 15.0 Å². The van der Waals surface area contributed by atoms with Gasteiger partial charge in [0.05, 0.1) is 5.92 Å². The molecule has 1 aliphatic rings. The van der Waals surface area contributed by atoms with Crippen LogP contribution >= 0.6 is 0 Å². The Kier molecular flexibility index (Phi) is 3.92. The summed E-state index contributed by atoms with van der Waals surface area (Å²) in [6, 6.07) is 1.74. The van der Waals surface area contributed by atoms with Gasteiger partial charge in [-0.3, -0.25) is 14.4 Å². The number of aromatic nitrogens is 1. The van der Waals surface area contributed by atoms with Crippen LogP contribution in [-0.2, 0) is 4.79 Å². The van der Waals surface area contributed by atoms with Gasteiger partial charge in [0.25, 0.3) is 11.5 Å². The van der Waals surface area contributed by atoms with Gasteiger partial charge in [0.1, 0.15) is 5.56 Å². The van der Waals surface area contributed by atoms with Crippen LogP contribution in [0.3, 0.4) is 0 Å². The van der Waals surface area contributed by atoms with E-state index in [0.29, 0.717) is 30.6 Å². The van der Waals surface area contributed by atoms with Gasteiger partial charge in [0, 0.05) is 18.8 Å². The monoisotopic (exact) mass is 278 g/mol. The molecule has 2 N–H and O–H groups in total. The highest BCUT2D eigenvalue weighted by Crippen LogP contribution is 2.19. The van der Waals surface area contributed by atoms with Crippen LogP contribution in [0.4, 0.5) is 0 Å². The minimum absolute atomic E-state index is 0.113. The van der Waals surface area contributed by atoms with E-state index < -0.39 is 17.4 Å². The Labute approximate surface area is 116 Å². The lowest BCUT2D eigenvalue weighted by molar-refractivity contribution is -0.143. The first-order chi connectivity index (χ1) is 9.40. The SMILES string of the molecule is Cc1cc(C)c(C(=O)N2CCC[C@@H](C(=O)O)C2)c(=O)[nH]1. The maximum Gasteiger partial charge on any atom is 0.308 e. The van der Waals surface area contributed by atoms with E-state index >= 15 is 0 Å². The number of hydrogen-bond acceptors (Lipinski definition) is 3. The van der Waals surface area contributed by atoms with Gasteiger partial charge in [0.2, 0.25) is 0 Å². The van der Waals surface area contributed by atoms with Crippen LogP contribution in [0.2, 0.25) is 0 Å². The molecule has 2 heterocycles. The Bertz CT molecular complexity index is 606. The molecule has 0 saturated carbocycles. The van der Waals surface area contributed by atoms with Crippen molar-refractivity contribution in [3.63, 3.8) is 0 Å². The van der Waals surface area contributed by atoms with Gasteiger partial charge in [-0.1, -0.05) is 0 Å². The lowest BCUT2D eigenvalue weighted by atomic mass is 9.97. The van der Waals surface area contributed by atoms with Crippen LogP contribution in [0.25, 0.3) is 0 Å². The Morgan fingerprint density at radius 1 is 1.40 bits per heavy atom. The summed E-state index contributed by atoms with van der Waals surface area (Å²) in [7, 11) is 0. The number of H-pyrrole nitrogens is 1. The van der Waals surface area contributed by atoms with Crippen LogP contribution < -0.4 is 5.56 Å². The van der Waals surface area contributed by atoms with Crippen LogP contribution in [-0.4, -0.2) is 40.0 Å². The van der Waals surface area contributed by atoms with E-state index in [1.165, 1.54) is 4.90 Å². The quantitative estimate of drug-likeness (QED) is 0.842. The van der Waals surface area contributed by atoms with E-state index in [-0.39, 0.29) is 18.0 Å². The maximum absolute atomic E-state index is 12.4. The molecule has 1 aliphatic heterocycles. The number of carboxylic acid groups (broad SMARTS) is 1. The number of nitrogens with zero attached hydrogens (tertiary/aromatic N) is 1. The van der Waals surface area contributed by atoms with Crippen LogP contribution in [0.5, 0.6) is 0 Å². The van der Waals surface area contributed by atoms with Crippen molar-refractivity contribution in [3.05, 3.63) is 33.2 Å². The molecular weight excluding hydrogens is 260 g/mol. The molecule has 1 saturated heterocycles. The number of rotatable bonds is 2. The molecule has 0 bridgehead atoms. The number of carboxylic acids is 1. The number of nitrogens with one attached hydrogen (secondary N) is 1. The first-order valence-electron chi connectivity index (χ1n) is 6.62. The van der Waals surface area contributed by atoms with Gasteiger partial charge in [-0.25, -0.2) is 0 Å². The van der Waals surface area contributed by atoms with Gasteiger partial charge in [-0.05, 0) is 38.3 Å². The average molecular weight is 278 g/mol. The largest absolute Gasteiger partial charge is 0.481 e. The van der Waals surface area contributed by atoms with Crippen LogP contribution in [0.15, 0.2) is 10.9 Å². The number of pyridine rings is 1. The zero-order valence-corrected chi connectivity index (χ0v) is 11.6. The van der Waals surface area contributed by atoms with Crippen molar-refractivity contribution in [2.75, 3.05) is 13.1 Å². The summed E-state index contributed by atoms with van der Waals surface area (Å²) in [6.07, 6.45) is 1.22. The molecule has 0 unspecified atom stereocenters. The second-order valence-electron chi connectivity index (χ2n) is 5.27. The molecular formula is C14H18N2O4. The molecule has 20 heavy (non-hydrogen) atoms. The number of piperidine rings is 1. The molecule has 1 aromatic rings. The molecule has 1 amide bonds. The summed E-state index contributed by atoms with van der Waals surface area (Å²) in [5, 5.41) is 9.05. The third kappa shape index (κ3) is 2.74. The fourth-order valence-corrected chi connectivity index (χ4v) is 2.64. The molecule has 1 aromatic heterocycles.